The Hall–Kier alpha value is 0.167. The minimum atomic E-state index is -2.10. The highest BCUT2D eigenvalue weighted by atomic mass is 32.2. The molecule has 0 heterocycles. The third-order valence-electron chi connectivity index (χ3n) is 0.422. The van der Waals surface area contributed by atoms with Crippen molar-refractivity contribution in [1.82, 2.24) is 0 Å². The summed E-state index contributed by atoms with van der Waals surface area (Å²) in [6, 6.07) is 0. The van der Waals surface area contributed by atoms with Crippen LogP contribution in [0.2, 0.25) is 0 Å². The molecule has 4 heteroatoms. The molecule has 6 heavy (non-hydrogen) atoms. The molecule has 0 saturated heterocycles. The lowest BCUT2D eigenvalue weighted by Crippen LogP contribution is -2.00. The first-order chi connectivity index (χ1) is 2.64. The first-order valence-electron chi connectivity index (χ1n) is 1.78. The highest BCUT2D eigenvalue weighted by Crippen LogP contribution is 1.72. The van der Waals surface area contributed by atoms with Crippen molar-refractivity contribution >= 4 is 20.9 Å². The van der Waals surface area contributed by atoms with Gasteiger partial charge in [-0.2, -0.15) is 0 Å². The lowest BCUT2D eigenvalue weighted by Gasteiger charge is -1.82. The zero-order chi connectivity index (χ0) is 5.15. The van der Waals surface area contributed by atoms with Crippen molar-refractivity contribution in [2.45, 2.75) is 11.8 Å². The van der Waals surface area contributed by atoms with Gasteiger partial charge in [0.25, 0.3) is 0 Å². The first-order valence-corrected chi connectivity index (χ1v) is 4.18. The van der Waals surface area contributed by atoms with E-state index in [0.29, 0.717) is 0 Å². The fraction of sp³-hybridized carbons (Fsp3) is 1.00. The van der Waals surface area contributed by atoms with Gasteiger partial charge in [-0.3, -0.25) is 0 Å². The van der Waals surface area contributed by atoms with Gasteiger partial charge in [-0.1, -0.05) is 6.92 Å². The van der Waals surface area contributed by atoms with Crippen LogP contribution in [-0.4, -0.2) is 23.5 Å². The monoisotopic (exact) mass is 124 g/mol. The Kier molecular flexibility index (Phi) is 2.42. The summed E-state index contributed by atoms with van der Waals surface area (Å²) in [7, 11) is -1.34. The first kappa shape index (κ1) is 6.17. The standard InChI is InChI=1S/C2H8O2SSi/c1-2(6)5(3)4/h2,5H,1,6H3. The average molecular weight is 124 g/mol. The lowest BCUT2D eigenvalue weighted by atomic mass is 11.0. The van der Waals surface area contributed by atoms with Crippen LogP contribution in [-0.2, 0) is 10.7 Å². The summed E-state index contributed by atoms with van der Waals surface area (Å²) < 4.78 is 19.5. The van der Waals surface area contributed by atoms with Gasteiger partial charge in [-0.25, -0.2) is 8.42 Å². The maximum Gasteiger partial charge on any atom is 0.139 e. The summed E-state index contributed by atoms with van der Waals surface area (Å²) in [6.45, 7) is 1.71. The van der Waals surface area contributed by atoms with E-state index < -0.39 is 10.7 Å². The minimum Gasteiger partial charge on any atom is -0.232 e. The Morgan fingerprint density at radius 1 is 1.67 bits per heavy atom. The second kappa shape index (κ2) is 2.36. The van der Waals surface area contributed by atoms with Crippen molar-refractivity contribution in [2.24, 2.45) is 0 Å². The second-order valence-electron chi connectivity index (χ2n) is 1.38. The van der Waals surface area contributed by atoms with Crippen LogP contribution in [0.15, 0.2) is 0 Å². The van der Waals surface area contributed by atoms with Gasteiger partial charge in [0.05, 0.1) is 0 Å². The molecule has 0 radical (unpaired) electrons. The summed E-state index contributed by atoms with van der Waals surface area (Å²) in [5.41, 5.74) is 0. The van der Waals surface area contributed by atoms with Gasteiger partial charge in [0.15, 0.2) is 0 Å². The molecule has 2 nitrogen and oxygen atoms in total. The maximum absolute atomic E-state index is 9.77. The molecule has 0 saturated carbocycles. The van der Waals surface area contributed by atoms with E-state index in [4.69, 9.17) is 0 Å². The molecule has 1 unspecified atom stereocenters. The largest absolute Gasteiger partial charge is 0.232 e. The topological polar surface area (TPSA) is 34.1 Å². The summed E-state index contributed by atoms with van der Waals surface area (Å²) >= 11 is 0. The Labute approximate surface area is 41.9 Å². The normalized spacial score (nSPS) is 15.7. The van der Waals surface area contributed by atoms with Crippen molar-refractivity contribution in [3.63, 3.8) is 0 Å². The molecule has 0 amide bonds. The molecule has 0 aliphatic rings. The van der Waals surface area contributed by atoms with Crippen molar-refractivity contribution in [1.29, 1.82) is 0 Å². The zero-order valence-corrected chi connectivity index (χ0v) is 6.74. The van der Waals surface area contributed by atoms with E-state index in [1.54, 1.807) is 6.92 Å². The third-order valence-corrected chi connectivity index (χ3v) is 2.53. The van der Waals surface area contributed by atoms with Crippen molar-refractivity contribution < 1.29 is 8.42 Å². The number of rotatable bonds is 1. The minimum absolute atomic E-state index is 0.0556. The molecule has 0 bridgehead atoms. The Morgan fingerprint density at radius 2 is 1.83 bits per heavy atom. The van der Waals surface area contributed by atoms with Crippen LogP contribution in [0.4, 0.5) is 0 Å². The van der Waals surface area contributed by atoms with Gasteiger partial charge in [-0.15, -0.1) is 0 Å². The van der Waals surface area contributed by atoms with Crippen LogP contribution < -0.4 is 0 Å². The van der Waals surface area contributed by atoms with E-state index in [9.17, 15) is 8.42 Å². The lowest BCUT2D eigenvalue weighted by molar-refractivity contribution is 0.613. The number of hydrogen-bond acceptors (Lipinski definition) is 2. The Balaban J connectivity index is 3.57. The van der Waals surface area contributed by atoms with E-state index in [2.05, 4.69) is 0 Å². The number of thiol groups is 1. The van der Waals surface area contributed by atoms with Crippen LogP contribution in [0.1, 0.15) is 6.92 Å². The third kappa shape index (κ3) is 2.41. The molecule has 0 spiro atoms. The van der Waals surface area contributed by atoms with Crippen molar-refractivity contribution in [3.05, 3.63) is 0 Å². The van der Waals surface area contributed by atoms with Crippen LogP contribution in [0, 0.1) is 0 Å². The molecular formula is C2H8O2SSi. The molecule has 0 N–H and O–H groups in total. The quantitative estimate of drug-likeness (QED) is 0.334. The van der Waals surface area contributed by atoms with Gasteiger partial charge >= 0.3 is 0 Å². The summed E-state index contributed by atoms with van der Waals surface area (Å²) in [5.74, 6) is 0. The average Bonchev–Trinajstić information content (AvgIpc) is 1.36. The van der Waals surface area contributed by atoms with E-state index in [1.165, 1.54) is 0 Å². The number of hydrogen-bond donors (Lipinski definition) is 1. The zero-order valence-electron chi connectivity index (χ0n) is 3.84. The molecule has 0 rings (SSSR count). The summed E-state index contributed by atoms with van der Waals surface area (Å²) in [4.78, 5) is -0.0556. The maximum atomic E-state index is 9.77. The Morgan fingerprint density at radius 3 is 1.83 bits per heavy atom. The fourth-order valence-corrected chi connectivity index (χ4v) is 0. The summed E-state index contributed by atoms with van der Waals surface area (Å²) in [5, 5.41) is 0. The van der Waals surface area contributed by atoms with Gasteiger partial charge in [0.1, 0.15) is 10.7 Å². The molecule has 0 aromatic carbocycles. The molecule has 0 aliphatic heterocycles. The highest BCUT2D eigenvalue weighted by Gasteiger charge is 1.88. The predicted molar refractivity (Wildman–Crippen MR) is 29.7 cm³/mol. The van der Waals surface area contributed by atoms with Gasteiger partial charge in [0, 0.05) is 15.1 Å². The molecule has 38 valence electrons. The smallest absolute Gasteiger partial charge is 0.139 e. The molecular weight excluding hydrogens is 116 g/mol. The SMILES string of the molecule is CC([SiH3])[SH](=O)=O. The molecule has 1 atom stereocenters. The van der Waals surface area contributed by atoms with Crippen LogP contribution in [0.25, 0.3) is 0 Å². The predicted octanol–water partition coefficient (Wildman–Crippen LogP) is -1.69. The van der Waals surface area contributed by atoms with Crippen LogP contribution in [0.5, 0.6) is 0 Å². The summed E-state index contributed by atoms with van der Waals surface area (Å²) in [6.07, 6.45) is 0. The van der Waals surface area contributed by atoms with Gasteiger partial charge in [0.2, 0.25) is 0 Å². The van der Waals surface area contributed by atoms with E-state index >= 15 is 0 Å². The molecule has 0 fully saturated rings. The molecule has 0 aliphatic carbocycles. The van der Waals surface area contributed by atoms with Crippen molar-refractivity contribution in [3.8, 4) is 0 Å². The van der Waals surface area contributed by atoms with E-state index in [1.807, 2.05) is 0 Å². The molecule has 0 aromatic rings. The van der Waals surface area contributed by atoms with E-state index in [-0.39, 0.29) is 4.87 Å². The van der Waals surface area contributed by atoms with Gasteiger partial charge < -0.3 is 0 Å². The van der Waals surface area contributed by atoms with Crippen LogP contribution >= 0.6 is 0 Å². The Bertz CT molecular complexity index is 87.7. The van der Waals surface area contributed by atoms with Crippen LogP contribution in [0.3, 0.4) is 0 Å². The van der Waals surface area contributed by atoms with Gasteiger partial charge in [-0.05, 0) is 0 Å². The van der Waals surface area contributed by atoms with Crippen molar-refractivity contribution in [2.75, 3.05) is 0 Å². The fourth-order valence-electron chi connectivity index (χ4n) is 0. The van der Waals surface area contributed by atoms with E-state index in [0.717, 1.165) is 10.2 Å². The second-order valence-corrected chi connectivity index (χ2v) is 5.69. The highest BCUT2D eigenvalue weighted by molar-refractivity contribution is 7.74. The molecule has 0 aromatic heterocycles.